The van der Waals surface area contributed by atoms with E-state index >= 15 is 0 Å². The highest BCUT2D eigenvalue weighted by Crippen LogP contribution is 2.12. The van der Waals surface area contributed by atoms with Gasteiger partial charge in [-0.2, -0.15) is 5.10 Å². The van der Waals surface area contributed by atoms with Crippen molar-refractivity contribution in [3.05, 3.63) is 28.3 Å². The Balaban J connectivity index is 2.97. The smallest absolute Gasteiger partial charge is 0.250 e. The summed E-state index contributed by atoms with van der Waals surface area (Å²) in [5, 5.41) is 4.03. The molecule has 0 fully saturated rings. The van der Waals surface area contributed by atoms with Gasteiger partial charge in [0.1, 0.15) is 0 Å². The molecule has 2 rings (SSSR count). The maximum absolute atomic E-state index is 11.4. The molecule has 0 atom stereocenters. The summed E-state index contributed by atoms with van der Waals surface area (Å²) in [5.74, 6) is 0. The zero-order chi connectivity index (χ0) is 9.59. The minimum Gasteiger partial charge on any atom is -0.250 e. The average Bonchev–Trinajstić information content (AvgIpc) is 2.32. The predicted octanol–water partition coefficient (Wildman–Crippen LogP) is 0.630. The molecule has 2 aromatic rings. The van der Waals surface area contributed by atoms with Gasteiger partial charge in [-0.3, -0.25) is 0 Å². The molecule has 0 aliphatic carbocycles. The topological polar surface area (TPSA) is 39.3 Å². The second-order valence-electron chi connectivity index (χ2n) is 2.98. The minimum absolute atomic E-state index is 0.133. The molecule has 0 aliphatic heterocycles. The first-order valence-electron chi connectivity index (χ1n) is 3.84. The lowest BCUT2D eigenvalue weighted by molar-refractivity contribution is 0.732. The molecule has 0 N–H and O–H groups in total. The molecule has 2 aromatic heterocycles. The van der Waals surface area contributed by atoms with Gasteiger partial charge in [0.15, 0.2) is 5.65 Å². The first kappa shape index (κ1) is 8.37. The quantitative estimate of drug-likeness (QED) is 0.626. The number of nitrogens with zero attached hydrogens (tertiary/aromatic N) is 3. The molecule has 0 saturated heterocycles. The van der Waals surface area contributed by atoms with E-state index < -0.39 is 0 Å². The summed E-state index contributed by atoms with van der Waals surface area (Å²) in [6.45, 7) is 1.90. The third-order valence-corrected chi connectivity index (χ3v) is 2.46. The van der Waals surface area contributed by atoms with Crippen molar-refractivity contribution in [3.8, 4) is 0 Å². The van der Waals surface area contributed by atoms with Crippen molar-refractivity contribution in [1.29, 1.82) is 0 Å². The van der Waals surface area contributed by atoms with Crippen LogP contribution in [0.15, 0.2) is 22.0 Å². The van der Waals surface area contributed by atoms with Crippen LogP contribution < -0.4 is 5.69 Å². The molecule has 0 amide bonds. The summed E-state index contributed by atoms with van der Waals surface area (Å²) < 4.78 is 2.82. The van der Waals surface area contributed by atoms with Crippen LogP contribution in [0.25, 0.3) is 5.65 Å². The van der Waals surface area contributed by atoms with Crippen molar-refractivity contribution >= 4 is 18.3 Å². The number of pyridine rings is 1. The van der Waals surface area contributed by atoms with Crippen molar-refractivity contribution < 1.29 is 0 Å². The van der Waals surface area contributed by atoms with Gasteiger partial charge >= 0.3 is 5.69 Å². The zero-order valence-electron chi connectivity index (χ0n) is 7.35. The second kappa shape index (κ2) is 2.63. The fraction of sp³-hybridized carbons (Fsp3) is 0.250. The van der Waals surface area contributed by atoms with Crippen LogP contribution in [0.2, 0.25) is 0 Å². The molecule has 0 saturated carbocycles. The molecule has 0 bridgehead atoms. The maximum Gasteiger partial charge on any atom is 0.350 e. The van der Waals surface area contributed by atoms with E-state index in [1.165, 1.54) is 9.08 Å². The van der Waals surface area contributed by atoms with Crippen LogP contribution in [-0.4, -0.2) is 14.2 Å². The number of fused-ring (bicyclic) bond motifs is 1. The Morgan fingerprint density at radius 3 is 2.92 bits per heavy atom. The van der Waals surface area contributed by atoms with Crippen LogP contribution in [0, 0.1) is 6.92 Å². The lowest BCUT2D eigenvalue weighted by Crippen LogP contribution is -2.17. The van der Waals surface area contributed by atoms with Crippen molar-refractivity contribution in [1.82, 2.24) is 14.2 Å². The molecule has 0 unspecified atom stereocenters. The number of aryl methyl sites for hydroxylation is 2. The molecule has 0 radical (unpaired) electrons. The van der Waals surface area contributed by atoms with E-state index in [9.17, 15) is 4.79 Å². The summed E-state index contributed by atoms with van der Waals surface area (Å²) in [6, 6.07) is 1.78. The highest BCUT2D eigenvalue weighted by atomic mass is 32.1. The van der Waals surface area contributed by atoms with Crippen molar-refractivity contribution in [3.63, 3.8) is 0 Å². The van der Waals surface area contributed by atoms with Gasteiger partial charge in [0.25, 0.3) is 0 Å². The summed E-state index contributed by atoms with van der Waals surface area (Å²) in [6.07, 6.45) is 1.74. The Hall–Kier alpha value is -1.23. The Morgan fingerprint density at radius 2 is 2.23 bits per heavy atom. The van der Waals surface area contributed by atoms with Gasteiger partial charge in [0.2, 0.25) is 0 Å². The molecular weight excluding hydrogens is 186 g/mol. The molecule has 4 nitrogen and oxygen atoms in total. The normalized spacial score (nSPS) is 11.0. The number of hydrogen-bond donors (Lipinski definition) is 1. The Morgan fingerprint density at radius 1 is 1.54 bits per heavy atom. The van der Waals surface area contributed by atoms with Crippen LogP contribution in [0.1, 0.15) is 5.56 Å². The van der Waals surface area contributed by atoms with Gasteiger partial charge in [-0.15, -0.1) is 12.6 Å². The summed E-state index contributed by atoms with van der Waals surface area (Å²) in [5.41, 5.74) is 1.46. The van der Waals surface area contributed by atoms with E-state index in [2.05, 4.69) is 17.7 Å². The van der Waals surface area contributed by atoms with Crippen LogP contribution in [0.4, 0.5) is 0 Å². The summed E-state index contributed by atoms with van der Waals surface area (Å²) in [4.78, 5) is 12.3. The molecule has 2 heterocycles. The molecule has 0 aromatic carbocycles. The van der Waals surface area contributed by atoms with Gasteiger partial charge in [0, 0.05) is 18.1 Å². The average molecular weight is 195 g/mol. The summed E-state index contributed by atoms with van der Waals surface area (Å²) in [7, 11) is 1.63. The Bertz CT molecular complexity index is 526. The van der Waals surface area contributed by atoms with Crippen LogP contribution in [0.5, 0.6) is 0 Å². The molecule has 13 heavy (non-hydrogen) atoms. The lowest BCUT2D eigenvalue weighted by atomic mass is 10.3. The molecule has 0 aliphatic rings. The molecule has 5 heteroatoms. The van der Waals surface area contributed by atoms with E-state index in [4.69, 9.17) is 0 Å². The number of thiol groups is 1. The van der Waals surface area contributed by atoms with Gasteiger partial charge in [-0.1, -0.05) is 0 Å². The van der Waals surface area contributed by atoms with Crippen LogP contribution in [-0.2, 0) is 7.05 Å². The number of rotatable bonds is 0. The molecular formula is C8H9N3OS. The van der Waals surface area contributed by atoms with Gasteiger partial charge in [-0.05, 0) is 18.6 Å². The van der Waals surface area contributed by atoms with E-state index in [1.54, 1.807) is 19.3 Å². The SMILES string of the molecule is Cc1cn2c(=O)n(C)nc2cc1S. The summed E-state index contributed by atoms with van der Waals surface area (Å²) >= 11 is 4.25. The Labute approximate surface area is 80.2 Å². The molecule has 68 valence electrons. The number of hydrogen-bond acceptors (Lipinski definition) is 3. The van der Waals surface area contributed by atoms with Crippen LogP contribution >= 0.6 is 12.6 Å². The van der Waals surface area contributed by atoms with Crippen molar-refractivity contribution in [2.24, 2.45) is 7.05 Å². The third-order valence-electron chi connectivity index (χ3n) is 1.97. The standard InChI is InChI=1S/C8H9N3OS/c1-5-4-11-7(3-6(5)13)9-10(2)8(11)12/h3-4,13H,1-2H3. The van der Waals surface area contributed by atoms with Gasteiger partial charge in [0.05, 0.1) is 0 Å². The lowest BCUT2D eigenvalue weighted by Gasteiger charge is -1.97. The first-order valence-corrected chi connectivity index (χ1v) is 4.29. The first-order chi connectivity index (χ1) is 6.09. The van der Waals surface area contributed by atoms with Crippen LogP contribution in [0.3, 0.4) is 0 Å². The number of aromatic nitrogens is 3. The maximum atomic E-state index is 11.4. The highest BCUT2D eigenvalue weighted by molar-refractivity contribution is 7.80. The monoisotopic (exact) mass is 195 g/mol. The fourth-order valence-electron chi connectivity index (χ4n) is 1.21. The Kier molecular flexibility index (Phi) is 1.69. The fourth-order valence-corrected chi connectivity index (χ4v) is 1.39. The second-order valence-corrected chi connectivity index (χ2v) is 3.46. The van der Waals surface area contributed by atoms with Gasteiger partial charge < -0.3 is 0 Å². The van der Waals surface area contributed by atoms with E-state index in [1.807, 2.05) is 6.92 Å². The molecule has 0 spiro atoms. The van der Waals surface area contributed by atoms with E-state index in [0.717, 1.165) is 10.5 Å². The van der Waals surface area contributed by atoms with Gasteiger partial charge in [-0.25, -0.2) is 13.9 Å². The highest BCUT2D eigenvalue weighted by Gasteiger charge is 2.04. The van der Waals surface area contributed by atoms with Crippen molar-refractivity contribution in [2.45, 2.75) is 11.8 Å². The third kappa shape index (κ3) is 1.16. The van der Waals surface area contributed by atoms with Crippen molar-refractivity contribution in [2.75, 3.05) is 0 Å². The van der Waals surface area contributed by atoms with E-state index in [-0.39, 0.29) is 5.69 Å². The largest absolute Gasteiger partial charge is 0.350 e. The zero-order valence-corrected chi connectivity index (χ0v) is 8.25. The minimum atomic E-state index is -0.133. The predicted molar refractivity (Wildman–Crippen MR) is 52.4 cm³/mol. The van der Waals surface area contributed by atoms with E-state index in [0.29, 0.717) is 5.65 Å².